The molecular formula is C14H17NO. The Hall–Kier alpha value is -1.31. The van der Waals surface area contributed by atoms with Crippen LogP contribution in [0.4, 0.5) is 0 Å². The number of hydrogen-bond acceptors (Lipinski definition) is 1. The van der Waals surface area contributed by atoms with Crippen LogP contribution in [0.3, 0.4) is 0 Å². The van der Waals surface area contributed by atoms with Crippen molar-refractivity contribution in [1.29, 1.82) is 0 Å². The minimum Gasteiger partial charge on any atom is -0.352 e. The van der Waals surface area contributed by atoms with E-state index in [4.69, 9.17) is 0 Å². The van der Waals surface area contributed by atoms with Gasteiger partial charge in [0.05, 0.1) is 0 Å². The first-order valence-corrected chi connectivity index (χ1v) is 6.03. The second-order valence-electron chi connectivity index (χ2n) is 4.42. The molecule has 0 atom stereocenters. The molecular weight excluding hydrogens is 198 g/mol. The third-order valence-electron chi connectivity index (χ3n) is 3.17. The van der Waals surface area contributed by atoms with Crippen molar-refractivity contribution in [3.63, 3.8) is 0 Å². The van der Waals surface area contributed by atoms with Crippen LogP contribution in [0.15, 0.2) is 18.2 Å². The molecule has 16 heavy (non-hydrogen) atoms. The lowest BCUT2D eigenvalue weighted by Crippen LogP contribution is -2.30. The lowest BCUT2D eigenvalue weighted by Gasteiger charge is -2.21. The summed E-state index contributed by atoms with van der Waals surface area (Å²) in [5.41, 5.74) is 0.582. The van der Waals surface area contributed by atoms with Crippen LogP contribution in [-0.2, 0) is 0 Å². The zero-order chi connectivity index (χ0) is 11.2. The zero-order valence-corrected chi connectivity index (χ0v) is 9.46. The fourth-order valence-corrected chi connectivity index (χ4v) is 2.21. The van der Waals surface area contributed by atoms with Crippen LogP contribution >= 0.6 is 0 Å². The fraction of sp³-hybridized carbons (Fsp3) is 0.500. The van der Waals surface area contributed by atoms with Gasteiger partial charge >= 0.3 is 0 Å². The summed E-state index contributed by atoms with van der Waals surface area (Å²) < 4.78 is 0. The van der Waals surface area contributed by atoms with E-state index in [0.717, 1.165) is 6.54 Å². The van der Waals surface area contributed by atoms with Crippen LogP contribution < -0.4 is 5.32 Å². The highest BCUT2D eigenvalue weighted by Gasteiger charge is 2.14. The first-order valence-electron chi connectivity index (χ1n) is 6.03. The van der Waals surface area contributed by atoms with E-state index in [0.29, 0.717) is 11.5 Å². The number of hydrogen-bond donors (Lipinski definition) is 1. The second kappa shape index (κ2) is 5.69. The lowest BCUT2D eigenvalue weighted by atomic mass is 9.89. The topological polar surface area (TPSA) is 29.1 Å². The fourth-order valence-electron chi connectivity index (χ4n) is 2.21. The van der Waals surface area contributed by atoms with Crippen molar-refractivity contribution in [2.75, 3.05) is 6.54 Å². The van der Waals surface area contributed by atoms with Crippen molar-refractivity contribution in [2.45, 2.75) is 32.1 Å². The van der Waals surface area contributed by atoms with Crippen LogP contribution in [0.25, 0.3) is 0 Å². The summed E-state index contributed by atoms with van der Waals surface area (Å²) in [7, 11) is 0. The van der Waals surface area contributed by atoms with Gasteiger partial charge in [0.2, 0.25) is 0 Å². The Morgan fingerprint density at radius 3 is 2.88 bits per heavy atom. The van der Waals surface area contributed by atoms with Crippen molar-refractivity contribution in [1.82, 2.24) is 5.32 Å². The summed E-state index contributed by atoms with van der Waals surface area (Å²) >= 11 is 0. The lowest BCUT2D eigenvalue weighted by molar-refractivity contribution is 0.0943. The third kappa shape index (κ3) is 3.09. The molecule has 1 saturated carbocycles. The summed E-state index contributed by atoms with van der Waals surface area (Å²) in [6.07, 6.45) is 6.49. The summed E-state index contributed by atoms with van der Waals surface area (Å²) in [6.45, 7) is 0.807. The highest BCUT2D eigenvalue weighted by atomic mass is 16.1. The van der Waals surface area contributed by atoms with Gasteiger partial charge in [-0.2, -0.15) is 0 Å². The maximum atomic E-state index is 11.7. The van der Waals surface area contributed by atoms with Gasteiger partial charge in [-0.3, -0.25) is 4.79 Å². The number of benzene rings is 1. The van der Waals surface area contributed by atoms with Crippen molar-refractivity contribution >= 4 is 5.91 Å². The summed E-state index contributed by atoms with van der Waals surface area (Å²) in [4.78, 5) is 11.7. The standard InChI is InChI=1S/C14H17NO/c16-14(13-9-5-2-6-10-13)15-11-12-7-3-1-4-8-12/h2,5,9,12H,1,3-4,7-8,11H2,(H,15,16). The van der Waals surface area contributed by atoms with Crippen LogP contribution in [-0.4, -0.2) is 12.5 Å². The molecule has 84 valence electrons. The normalized spacial score (nSPS) is 17.0. The van der Waals surface area contributed by atoms with E-state index >= 15 is 0 Å². The monoisotopic (exact) mass is 215 g/mol. The first kappa shape index (κ1) is 11.2. The largest absolute Gasteiger partial charge is 0.352 e. The van der Waals surface area contributed by atoms with E-state index in [2.05, 4.69) is 17.4 Å². The van der Waals surface area contributed by atoms with Gasteiger partial charge in [-0.1, -0.05) is 31.4 Å². The molecule has 0 spiro atoms. The SMILES string of the molecule is O=C(NCC1CCCCC1)c1[c][c]ccc1. The van der Waals surface area contributed by atoms with Crippen molar-refractivity contribution in [3.05, 3.63) is 35.9 Å². The Labute approximate surface area is 97.1 Å². The minimum atomic E-state index is -0.0255. The predicted molar refractivity (Wildman–Crippen MR) is 63.0 cm³/mol. The van der Waals surface area contributed by atoms with E-state index in [1.165, 1.54) is 32.1 Å². The molecule has 0 aliphatic heterocycles. The van der Waals surface area contributed by atoms with Crippen molar-refractivity contribution in [3.8, 4) is 0 Å². The van der Waals surface area contributed by atoms with Gasteiger partial charge in [-0.25, -0.2) is 0 Å². The number of carbonyl (C=O) groups excluding carboxylic acids is 1. The van der Waals surface area contributed by atoms with Gasteiger partial charge in [0.15, 0.2) is 0 Å². The average Bonchev–Trinajstić information content (AvgIpc) is 2.38. The molecule has 0 aromatic heterocycles. The highest BCUT2D eigenvalue weighted by molar-refractivity contribution is 5.93. The molecule has 1 aromatic carbocycles. The Morgan fingerprint density at radius 1 is 1.38 bits per heavy atom. The van der Waals surface area contributed by atoms with E-state index in [-0.39, 0.29) is 5.91 Å². The maximum absolute atomic E-state index is 11.7. The maximum Gasteiger partial charge on any atom is 0.251 e. The summed E-state index contributed by atoms with van der Waals surface area (Å²) in [5.74, 6) is 0.646. The van der Waals surface area contributed by atoms with Gasteiger partial charge in [0, 0.05) is 18.2 Å². The van der Waals surface area contributed by atoms with E-state index in [1.807, 2.05) is 6.07 Å². The van der Waals surface area contributed by atoms with E-state index < -0.39 is 0 Å². The Balaban J connectivity index is 1.79. The Bertz CT molecular complexity index is 328. The van der Waals surface area contributed by atoms with Crippen LogP contribution in [0.2, 0.25) is 0 Å². The molecule has 0 unspecified atom stereocenters. The molecule has 2 heteroatoms. The third-order valence-corrected chi connectivity index (χ3v) is 3.17. The smallest absolute Gasteiger partial charge is 0.251 e. The number of nitrogens with one attached hydrogen (secondary N) is 1. The number of carbonyl (C=O) groups is 1. The Kier molecular flexibility index (Phi) is 3.97. The molecule has 2 radical (unpaired) electrons. The van der Waals surface area contributed by atoms with Gasteiger partial charge in [-0.15, -0.1) is 0 Å². The van der Waals surface area contributed by atoms with Gasteiger partial charge < -0.3 is 5.32 Å². The van der Waals surface area contributed by atoms with Crippen LogP contribution in [0.5, 0.6) is 0 Å². The molecule has 2 rings (SSSR count). The van der Waals surface area contributed by atoms with Gasteiger partial charge in [0.1, 0.15) is 0 Å². The van der Waals surface area contributed by atoms with Crippen LogP contribution in [0.1, 0.15) is 42.5 Å². The summed E-state index contributed by atoms with van der Waals surface area (Å²) in [5, 5.41) is 2.98. The van der Waals surface area contributed by atoms with Crippen molar-refractivity contribution in [2.24, 2.45) is 5.92 Å². The highest BCUT2D eigenvalue weighted by Crippen LogP contribution is 2.22. The molecule has 0 heterocycles. The van der Waals surface area contributed by atoms with E-state index in [1.54, 1.807) is 12.1 Å². The Morgan fingerprint density at radius 2 is 2.19 bits per heavy atom. The summed E-state index contributed by atoms with van der Waals surface area (Å²) in [6, 6.07) is 10.9. The predicted octanol–water partition coefficient (Wildman–Crippen LogP) is 2.60. The molecule has 1 fully saturated rings. The molecule has 0 bridgehead atoms. The average molecular weight is 215 g/mol. The molecule has 2 nitrogen and oxygen atoms in total. The number of rotatable bonds is 3. The minimum absolute atomic E-state index is 0.0255. The number of amides is 1. The molecule has 1 aliphatic carbocycles. The molecule has 1 amide bonds. The second-order valence-corrected chi connectivity index (χ2v) is 4.42. The molecule has 0 saturated heterocycles. The van der Waals surface area contributed by atoms with Crippen LogP contribution in [0, 0.1) is 18.1 Å². The van der Waals surface area contributed by atoms with Gasteiger partial charge in [-0.05, 0) is 30.9 Å². The zero-order valence-electron chi connectivity index (χ0n) is 9.46. The molecule has 1 aliphatic rings. The first-order chi connectivity index (χ1) is 7.86. The quantitative estimate of drug-likeness (QED) is 0.825. The van der Waals surface area contributed by atoms with E-state index in [9.17, 15) is 4.79 Å². The molecule has 1 N–H and O–H groups in total. The molecule has 1 aromatic rings. The van der Waals surface area contributed by atoms with Gasteiger partial charge in [0.25, 0.3) is 5.91 Å². The van der Waals surface area contributed by atoms with Crippen molar-refractivity contribution < 1.29 is 4.79 Å².